The predicted octanol–water partition coefficient (Wildman–Crippen LogP) is 9.53. The van der Waals surface area contributed by atoms with Crippen molar-refractivity contribution in [2.45, 2.75) is 74.1 Å². The van der Waals surface area contributed by atoms with Crippen LogP contribution in [0.15, 0.2) is 0 Å². The van der Waals surface area contributed by atoms with Crippen LogP contribution in [0, 0.1) is 39.4 Å². The summed E-state index contributed by atoms with van der Waals surface area (Å²) < 4.78 is 30.0. The van der Waals surface area contributed by atoms with Crippen molar-refractivity contribution in [3.63, 3.8) is 0 Å². The summed E-state index contributed by atoms with van der Waals surface area (Å²) in [5.74, 6) is 0.773. The molecule has 223 valence electrons. The van der Waals surface area contributed by atoms with Crippen LogP contribution in [0.1, 0.15) is 74.1 Å². The fourth-order valence-corrected chi connectivity index (χ4v) is 10.8. The van der Waals surface area contributed by atoms with Gasteiger partial charge in [-0.2, -0.15) is 6.42 Å². The molecule has 1 atom stereocenters. The quantitative estimate of drug-likeness (QED) is 0.0810. The first-order chi connectivity index (χ1) is 17.9. The fourth-order valence-electron chi connectivity index (χ4n) is 3.17. The molecule has 4 nitrogen and oxygen atoms in total. The van der Waals surface area contributed by atoms with Crippen LogP contribution in [0.3, 0.4) is 0 Å². The van der Waals surface area contributed by atoms with E-state index in [1.807, 2.05) is 0 Å². The van der Waals surface area contributed by atoms with Crippen molar-refractivity contribution in [1.29, 1.82) is 0 Å². The van der Waals surface area contributed by atoms with E-state index in [9.17, 15) is 0 Å². The number of hydrogen-bond acceptors (Lipinski definition) is 0. The van der Waals surface area contributed by atoms with Crippen LogP contribution in [0.4, 0.5) is 0 Å². The van der Waals surface area contributed by atoms with Gasteiger partial charge in [0.1, 0.15) is 0 Å². The van der Waals surface area contributed by atoms with Gasteiger partial charge in [0.05, 0.1) is 0 Å². The molecule has 38 heavy (non-hydrogen) atoms. The molecule has 9 heteroatoms. The molecule has 0 aromatic rings. The zero-order chi connectivity index (χ0) is 30.5. The molecule has 0 saturated carbocycles. The third-order valence-electron chi connectivity index (χ3n) is 5.82. The molecular weight excluding hydrogens is 587 g/mol. The number of hydrogen-bond donors (Lipinski definition) is 0. The van der Waals surface area contributed by atoms with Gasteiger partial charge in [0.15, 0.2) is 0 Å². The van der Waals surface area contributed by atoms with Crippen LogP contribution in [0.25, 0.3) is 0 Å². The van der Waals surface area contributed by atoms with Crippen molar-refractivity contribution in [2.24, 2.45) is 5.92 Å². The summed E-state index contributed by atoms with van der Waals surface area (Å²) in [7, 11) is 1.46. The van der Waals surface area contributed by atoms with Crippen LogP contribution < -0.4 is 0 Å². The maximum atomic E-state index is 7.50. The summed E-state index contributed by atoms with van der Waals surface area (Å²) >= 11 is 0. The topological polar surface area (TPSA) is 79.6 Å². The van der Waals surface area contributed by atoms with E-state index in [0.717, 1.165) is 12.3 Å². The first-order valence-corrected chi connectivity index (χ1v) is 21.2. The molecule has 0 aliphatic carbocycles. The summed E-state index contributed by atoms with van der Waals surface area (Å²) in [5, 5.41) is 0. The minimum Gasteiger partial charge on any atom is -0.343 e. The molecule has 0 fully saturated rings. The van der Waals surface area contributed by atoms with Crippen LogP contribution in [-0.4, -0.2) is 74.4 Å². The standard InChI is InChI=1S/C20H46P4.C5H11.4CO.V/c1-7-21(6)15-12-18-24(19-13-16-22(8-2)9-3)20-14-17-23(10-4)11-5;1-4-5(2)3;4*1-2;/h7-20H2,1-6H3;5H,1,4H2,2-3H3;;;;;/q;-1;;;;;. The van der Waals surface area contributed by atoms with E-state index in [1.165, 1.54) is 43.4 Å². The zero-order valence-corrected chi connectivity index (χ0v) is 30.7. The summed E-state index contributed by atoms with van der Waals surface area (Å²) in [6.07, 6.45) is 22.4. The molecule has 0 bridgehead atoms. The molecule has 0 aliphatic heterocycles. The van der Waals surface area contributed by atoms with Crippen molar-refractivity contribution in [2.75, 3.05) is 74.4 Å². The Hall–Kier alpha value is 1.26. The molecule has 0 aromatic carbocycles. The fraction of sp³-hybridized carbons (Fsp3) is 0.828. The predicted molar refractivity (Wildman–Crippen MR) is 170 cm³/mol. The van der Waals surface area contributed by atoms with Gasteiger partial charge in [0.2, 0.25) is 0 Å². The third kappa shape index (κ3) is 50.1. The van der Waals surface area contributed by atoms with Crippen molar-refractivity contribution < 1.29 is 37.2 Å². The molecule has 1 unspecified atom stereocenters. The van der Waals surface area contributed by atoms with Gasteiger partial charge < -0.3 is 6.92 Å². The van der Waals surface area contributed by atoms with E-state index in [4.69, 9.17) is 18.6 Å². The van der Waals surface area contributed by atoms with Gasteiger partial charge in [-0.25, -0.2) is 0 Å². The molecule has 0 N–H and O–H groups in total. The Morgan fingerprint density at radius 3 is 0.974 bits per heavy atom. The van der Waals surface area contributed by atoms with Crippen molar-refractivity contribution in [1.82, 2.24) is 0 Å². The van der Waals surface area contributed by atoms with Crippen LogP contribution >= 0.6 is 31.7 Å². The minimum atomic E-state index is 0. The van der Waals surface area contributed by atoms with Gasteiger partial charge in [-0.05, 0) is 93.7 Å². The normalized spacial score (nSPS) is 9.92. The zero-order valence-electron chi connectivity index (χ0n) is 25.8. The van der Waals surface area contributed by atoms with Crippen molar-refractivity contribution >= 4 is 31.7 Å². The Balaban J connectivity index is -0.000000116. The Morgan fingerprint density at radius 1 is 0.526 bits per heavy atom. The van der Waals surface area contributed by atoms with E-state index < -0.39 is 0 Å². The van der Waals surface area contributed by atoms with Crippen molar-refractivity contribution in [3.05, 3.63) is 33.5 Å². The van der Waals surface area contributed by atoms with Gasteiger partial charge in [-0.1, -0.05) is 54.4 Å². The maximum absolute atomic E-state index is 7.50. The molecule has 0 aromatic heterocycles. The SMILES string of the molecule is CCP(C)CCCP(CCCP(CC)CC)CCCP(CC)CC.[C-]#[O+].[C-]#[O+].[C-]#[O+].[C-]#[O+].[CH2-]CC(C)C.[V]. The van der Waals surface area contributed by atoms with Crippen LogP contribution in [-0.2, 0) is 37.2 Å². The van der Waals surface area contributed by atoms with Gasteiger partial charge >= 0.3 is 45.2 Å². The Kier molecular flexibility index (Phi) is 79.0. The average molecular weight is 645 g/mol. The largest absolute Gasteiger partial charge is 0.343 e. The third-order valence-corrected chi connectivity index (χ3v) is 16.3. The monoisotopic (exact) mass is 644 g/mol. The summed E-state index contributed by atoms with van der Waals surface area (Å²) in [6.45, 7) is 40.5. The average Bonchev–Trinajstić information content (AvgIpc) is 2.97. The van der Waals surface area contributed by atoms with Crippen molar-refractivity contribution in [3.8, 4) is 0 Å². The maximum Gasteiger partial charge on any atom is 0 e. The van der Waals surface area contributed by atoms with Crippen LogP contribution in [0.5, 0.6) is 0 Å². The van der Waals surface area contributed by atoms with E-state index in [1.54, 1.807) is 43.7 Å². The molecular formula is C29H57O4P4V-. The Labute approximate surface area is 256 Å². The van der Waals surface area contributed by atoms with E-state index in [2.05, 4.69) is 88.7 Å². The second kappa shape index (κ2) is 54.4. The molecule has 0 heterocycles. The van der Waals surface area contributed by atoms with Crippen LogP contribution in [0.2, 0.25) is 0 Å². The molecule has 0 amide bonds. The summed E-state index contributed by atoms with van der Waals surface area (Å²) in [5.41, 5.74) is 0. The summed E-state index contributed by atoms with van der Waals surface area (Å²) in [4.78, 5) is 0. The Morgan fingerprint density at radius 2 is 0.763 bits per heavy atom. The van der Waals surface area contributed by atoms with Gasteiger partial charge in [0, 0.05) is 18.6 Å². The van der Waals surface area contributed by atoms with Gasteiger partial charge in [-0.15, -0.1) is 31.7 Å². The first-order valence-electron chi connectivity index (χ1n) is 13.3. The smallest absolute Gasteiger partial charge is 0 e. The van der Waals surface area contributed by atoms with E-state index >= 15 is 0 Å². The molecule has 0 saturated heterocycles. The number of rotatable bonds is 18. The molecule has 0 spiro atoms. The molecule has 0 aliphatic rings. The second-order valence-electron chi connectivity index (χ2n) is 8.53. The van der Waals surface area contributed by atoms with Gasteiger partial charge in [0.25, 0.3) is 0 Å². The molecule has 1 radical (unpaired) electrons. The van der Waals surface area contributed by atoms with E-state index in [0.29, 0.717) is 31.7 Å². The first kappa shape index (κ1) is 55.2. The minimum absolute atomic E-state index is 0. The van der Waals surface area contributed by atoms with E-state index in [-0.39, 0.29) is 18.6 Å². The molecule has 0 rings (SSSR count). The second-order valence-corrected chi connectivity index (χ2v) is 20.1. The Bertz CT molecular complexity index is 424. The summed E-state index contributed by atoms with van der Waals surface area (Å²) in [6, 6.07) is 0. The van der Waals surface area contributed by atoms with Gasteiger partial charge in [-0.3, -0.25) is 0 Å².